The maximum absolute atomic E-state index is 13.8. The molecule has 0 radical (unpaired) electrons. The second-order valence-corrected chi connectivity index (χ2v) is 5.94. The van der Waals surface area contributed by atoms with Crippen molar-refractivity contribution in [1.29, 1.82) is 0 Å². The van der Waals surface area contributed by atoms with Gasteiger partial charge in [-0.05, 0) is 60.7 Å². The highest BCUT2D eigenvalue weighted by Crippen LogP contribution is 2.41. The second kappa shape index (κ2) is 5.98. The minimum Gasteiger partial charge on any atom is -0.310 e. The summed E-state index contributed by atoms with van der Waals surface area (Å²) in [5, 5.41) is 3.57. The Kier molecular flexibility index (Phi) is 4.07. The van der Waals surface area contributed by atoms with E-state index in [-0.39, 0.29) is 11.9 Å². The van der Waals surface area contributed by atoms with E-state index in [1.54, 1.807) is 12.1 Å². The molecule has 1 nitrogen and oxygen atoms in total. The van der Waals surface area contributed by atoms with Crippen LogP contribution in [0.5, 0.6) is 0 Å². The smallest absolute Gasteiger partial charge is 0.123 e. The van der Waals surface area contributed by atoms with Crippen LogP contribution in [0, 0.1) is 12.7 Å². The molecule has 2 unspecified atom stereocenters. The van der Waals surface area contributed by atoms with Crippen molar-refractivity contribution < 1.29 is 4.39 Å². The van der Waals surface area contributed by atoms with E-state index in [1.165, 1.54) is 11.1 Å². The molecular weight excluding hydrogens is 261 g/mol. The highest BCUT2D eigenvalue weighted by atomic mass is 19.1. The molecule has 0 heterocycles. The largest absolute Gasteiger partial charge is 0.310 e. The van der Waals surface area contributed by atoms with Gasteiger partial charge in [-0.15, -0.1) is 0 Å². The van der Waals surface area contributed by atoms with Gasteiger partial charge in [0.2, 0.25) is 0 Å². The molecule has 2 heteroatoms. The van der Waals surface area contributed by atoms with Crippen molar-refractivity contribution in [1.82, 2.24) is 5.32 Å². The van der Waals surface area contributed by atoms with Gasteiger partial charge in [-0.3, -0.25) is 0 Å². The van der Waals surface area contributed by atoms with Crippen LogP contribution in [0.25, 0.3) is 0 Å². The lowest BCUT2D eigenvalue weighted by atomic mass is 9.87. The van der Waals surface area contributed by atoms with Gasteiger partial charge < -0.3 is 5.32 Å². The Morgan fingerprint density at radius 3 is 2.81 bits per heavy atom. The number of rotatable bonds is 4. The number of hydrogen-bond donors (Lipinski definition) is 1. The molecule has 0 amide bonds. The fourth-order valence-electron chi connectivity index (χ4n) is 3.59. The third kappa shape index (κ3) is 2.86. The van der Waals surface area contributed by atoms with Crippen molar-refractivity contribution in [3.05, 3.63) is 70.5 Å². The summed E-state index contributed by atoms with van der Waals surface area (Å²) in [5.41, 5.74) is 4.92. The standard InChI is InChI=1S/C19H22FN/c1-3-21-19(15-10-13(2)11-16(20)12-15)18-9-8-14-6-4-5-7-17(14)18/h4-7,10-12,18-19,21H,3,8-9H2,1-2H3. The van der Waals surface area contributed by atoms with Gasteiger partial charge >= 0.3 is 0 Å². The fourth-order valence-corrected chi connectivity index (χ4v) is 3.59. The van der Waals surface area contributed by atoms with Crippen LogP contribution in [0.3, 0.4) is 0 Å². The van der Waals surface area contributed by atoms with E-state index in [0.717, 1.165) is 30.5 Å². The Labute approximate surface area is 126 Å². The van der Waals surface area contributed by atoms with Crippen molar-refractivity contribution in [3.8, 4) is 0 Å². The predicted molar refractivity (Wildman–Crippen MR) is 85.1 cm³/mol. The van der Waals surface area contributed by atoms with Crippen molar-refractivity contribution in [2.45, 2.75) is 38.6 Å². The van der Waals surface area contributed by atoms with Gasteiger partial charge in [0.15, 0.2) is 0 Å². The molecule has 1 aliphatic rings. The molecule has 2 aromatic rings. The number of halogens is 1. The Balaban J connectivity index is 1.99. The van der Waals surface area contributed by atoms with Crippen LogP contribution in [0.2, 0.25) is 0 Å². The van der Waals surface area contributed by atoms with E-state index in [2.05, 4.69) is 42.6 Å². The lowest BCUT2D eigenvalue weighted by Crippen LogP contribution is -2.26. The van der Waals surface area contributed by atoms with Crippen LogP contribution >= 0.6 is 0 Å². The van der Waals surface area contributed by atoms with Crippen molar-refractivity contribution in [2.75, 3.05) is 6.54 Å². The maximum atomic E-state index is 13.8. The molecule has 2 atom stereocenters. The summed E-state index contributed by atoms with van der Waals surface area (Å²) in [4.78, 5) is 0. The highest BCUT2D eigenvalue weighted by molar-refractivity contribution is 5.39. The van der Waals surface area contributed by atoms with E-state index in [0.29, 0.717) is 5.92 Å². The predicted octanol–water partition coefficient (Wildman–Crippen LogP) is 4.51. The zero-order valence-corrected chi connectivity index (χ0v) is 12.7. The first-order chi connectivity index (χ1) is 10.2. The molecule has 0 aliphatic heterocycles. The first-order valence-corrected chi connectivity index (χ1v) is 7.77. The number of nitrogens with one attached hydrogen (secondary N) is 1. The van der Waals surface area contributed by atoms with Crippen molar-refractivity contribution >= 4 is 0 Å². The van der Waals surface area contributed by atoms with Crippen molar-refractivity contribution in [2.24, 2.45) is 0 Å². The van der Waals surface area contributed by atoms with Crippen molar-refractivity contribution in [3.63, 3.8) is 0 Å². The van der Waals surface area contributed by atoms with Crippen LogP contribution in [0.4, 0.5) is 4.39 Å². The number of benzene rings is 2. The SMILES string of the molecule is CCNC(c1cc(C)cc(F)c1)C1CCc2ccccc21. The first kappa shape index (κ1) is 14.3. The molecule has 110 valence electrons. The first-order valence-electron chi connectivity index (χ1n) is 7.77. The fraction of sp³-hybridized carbons (Fsp3) is 0.368. The summed E-state index contributed by atoms with van der Waals surface area (Å²) in [6.07, 6.45) is 2.25. The molecule has 2 aromatic carbocycles. The van der Waals surface area contributed by atoms with E-state index in [1.807, 2.05) is 6.92 Å². The molecule has 0 aromatic heterocycles. The number of likely N-dealkylation sites (N-methyl/N-ethyl adjacent to an activating group) is 1. The van der Waals surface area contributed by atoms with Crippen LogP contribution in [-0.2, 0) is 6.42 Å². The molecule has 1 aliphatic carbocycles. The highest BCUT2D eigenvalue weighted by Gasteiger charge is 2.30. The number of fused-ring (bicyclic) bond motifs is 1. The van der Waals surface area contributed by atoms with Gasteiger partial charge in [0.25, 0.3) is 0 Å². The number of aryl methyl sites for hydroxylation is 2. The summed E-state index contributed by atoms with van der Waals surface area (Å²) in [6, 6.07) is 14.2. The molecule has 1 N–H and O–H groups in total. The summed E-state index contributed by atoms with van der Waals surface area (Å²) < 4.78 is 13.8. The molecule has 0 fully saturated rings. The lowest BCUT2D eigenvalue weighted by molar-refractivity contribution is 0.450. The quantitative estimate of drug-likeness (QED) is 0.870. The Morgan fingerprint density at radius 2 is 2.05 bits per heavy atom. The van der Waals surface area contributed by atoms with Crippen LogP contribution < -0.4 is 5.32 Å². The van der Waals surface area contributed by atoms with E-state index in [4.69, 9.17) is 0 Å². The van der Waals surface area contributed by atoms with Gasteiger partial charge in [0, 0.05) is 12.0 Å². The van der Waals surface area contributed by atoms with Crippen LogP contribution in [-0.4, -0.2) is 6.54 Å². The van der Waals surface area contributed by atoms with Crippen LogP contribution in [0.15, 0.2) is 42.5 Å². The van der Waals surface area contributed by atoms with Gasteiger partial charge in [-0.1, -0.05) is 37.3 Å². The molecule has 0 spiro atoms. The van der Waals surface area contributed by atoms with Gasteiger partial charge in [0.1, 0.15) is 5.82 Å². The average Bonchev–Trinajstić information content (AvgIpc) is 2.87. The number of hydrogen-bond acceptors (Lipinski definition) is 1. The van der Waals surface area contributed by atoms with Gasteiger partial charge in [-0.25, -0.2) is 4.39 Å². The van der Waals surface area contributed by atoms with Gasteiger partial charge in [0.05, 0.1) is 0 Å². The second-order valence-electron chi connectivity index (χ2n) is 5.94. The monoisotopic (exact) mass is 283 g/mol. The summed E-state index contributed by atoms with van der Waals surface area (Å²) >= 11 is 0. The molecule has 0 saturated heterocycles. The van der Waals surface area contributed by atoms with E-state index >= 15 is 0 Å². The lowest BCUT2D eigenvalue weighted by Gasteiger charge is -2.26. The Hall–Kier alpha value is -1.67. The third-order valence-electron chi connectivity index (χ3n) is 4.43. The molecule has 0 bridgehead atoms. The van der Waals surface area contributed by atoms with Crippen LogP contribution in [0.1, 0.15) is 47.6 Å². The molecule has 21 heavy (non-hydrogen) atoms. The average molecular weight is 283 g/mol. The topological polar surface area (TPSA) is 12.0 Å². The molecule has 0 saturated carbocycles. The minimum absolute atomic E-state index is 0.140. The summed E-state index contributed by atoms with van der Waals surface area (Å²) in [7, 11) is 0. The van der Waals surface area contributed by atoms with Gasteiger partial charge in [-0.2, -0.15) is 0 Å². The molecular formula is C19H22FN. The summed E-state index contributed by atoms with van der Waals surface area (Å²) in [6.45, 7) is 4.96. The zero-order chi connectivity index (χ0) is 14.8. The molecule has 3 rings (SSSR count). The Morgan fingerprint density at radius 1 is 1.24 bits per heavy atom. The third-order valence-corrected chi connectivity index (χ3v) is 4.43. The van der Waals surface area contributed by atoms with E-state index in [9.17, 15) is 4.39 Å². The van der Waals surface area contributed by atoms with E-state index < -0.39 is 0 Å². The zero-order valence-electron chi connectivity index (χ0n) is 12.7. The maximum Gasteiger partial charge on any atom is 0.123 e. The normalized spacial score (nSPS) is 18.5. The minimum atomic E-state index is -0.140. The summed E-state index contributed by atoms with van der Waals surface area (Å²) in [5.74, 6) is 0.293. The Bertz CT molecular complexity index is 615.